The first-order chi connectivity index (χ1) is 9.99. The van der Waals surface area contributed by atoms with Gasteiger partial charge in [-0.2, -0.15) is 0 Å². The minimum atomic E-state index is 0.356. The largest absolute Gasteiger partial charge is 0.492 e. The Kier molecular flexibility index (Phi) is 8.86. The molecule has 0 aliphatic carbocycles. The Labute approximate surface area is 145 Å². The van der Waals surface area contributed by atoms with Crippen molar-refractivity contribution in [3.8, 4) is 5.75 Å². The summed E-state index contributed by atoms with van der Waals surface area (Å²) in [5.74, 6) is 1.39. The van der Waals surface area contributed by atoms with Crippen LogP contribution in [0.3, 0.4) is 0 Å². The van der Waals surface area contributed by atoms with Crippen LogP contribution in [0, 0.1) is 5.92 Å². The molecule has 0 saturated carbocycles. The van der Waals surface area contributed by atoms with Crippen LogP contribution < -0.4 is 10.1 Å². The van der Waals surface area contributed by atoms with E-state index in [1.54, 1.807) is 0 Å². The summed E-state index contributed by atoms with van der Waals surface area (Å²) in [5, 5.41) is 3.57. The number of nitrogens with one attached hydrogen (secondary N) is 1. The van der Waals surface area contributed by atoms with E-state index < -0.39 is 0 Å². The van der Waals surface area contributed by atoms with Crippen LogP contribution in [-0.2, 0) is 11.3 Å². The molecule has 1 aromatic carbocycles. The van der Waals surface area contributed by atoms with Crippen LogP contribution in [0.5, 0.6) is 5.75 Å². The molecular formula is C16H25Br2NO2. The Balaban J connectivity index is 2.70. The molecule has 0 spiro atoms. The molecule has 1 aromatic rings. The van der Waals surface area contributed by atoms with Crippen molar-refractivity contribution in [2.24, 2.45) is 5.92 Å². The normalized spacial score (nSPS) is 12.7. The quantitative estimate of drug-likeness (QED) is 0.622. The van der Waals surface area contributed by atoms with Crippen molar-refractivity contribution < 1.29 is 9.47 Å². The van der Waals surface area contributed by atoms with E-state index in [0.717, 1.165) is 34.5 Å². The van der Waals surface area contributed by atoms with Crippen molar-refractivity contribution in [2.45, 2.75) is 40.3 Å². The molecule has 0 aliphatic heterocycles. The lowest BCUT2D eigenvalue weighted by Gasteiger charge is -2.22. The van der Waals surface area contributed by atoms with Gasteiger partial charge < -0.3 is 14.8 Å². The zero-order valence-corrected chi connectivity index (χ0v) is 16.4. The number of rotatable bonds is 9. The molecule has 1 atom stereocenters. The SMILES string of the molecule is CCOCC(NCc1cc(Br)c(OCC)c(Br)c1)C(C)C. The molecule has 120 valence electrons. The second-order valence-corrected chi connectivity index (χ2v) is 6.92. The molecule has 1 rings (SSSR count). The maximum Gasteiger partial charge on any atom is 0.147 e. The van der Waals surface area contributed by atoms with Crippen LogP contribution in [0.1, 0.15) is 33.3 Å². The fraction of sp³-hybridized carbons (Fsp3) is 0.625. The third-order valence-corrected chi connectivity index (χ3v) is 4.40. The van der Waals surface area contributed by atoms with Gasteiger partial charge in [0.15, 0.2) is 0 Å². The maximum absolute atomic E-state index is 5.61. The smallest absolute Gasteiger partial charge is 0.147 e. The predicted molar refractivity (Wildman–Crippen MR) is 95.0 cm³/mol. The first kappa shape index (κ1) is 18.9. The van der Waals surface area contributed by atoms with Crippen LogP contribution in [-0.4, -0.2) is 25.9 Å². The van der Waals surface area contributed by atoms with Gasteiger partial charge in [-0.25, -0.2) is 0 Å². The summed E-state index contributed by atoms with van der Waals surface area (Å²) in [6, 6.07) is 4.55. The number of halogens is 2. The Hall–Kier alpha value is -0.100. The lowest BCUT2D eigenvalue weighted by molar-refractivity contribution is 0.108. The Bertz CT molecular complexity index is 415. The Morgan fingerprint density at radius 2 is 1.71 bits per heavy atom. The van der Waals surface area contributed by atoms with Crippen LogP contribution in [0.15, 0.2) is 21.1 Å². The van der Waals surface area contributed by atoms with Gasteiger partial charge in [0.25, 0.3) is 0 Å². The zero-order valence-electron chi connectivity index (χ0n) is 13.2. The highest BCUT2D eigenvalue weighted by Crippen LogP contribution is 2.34. The molecule has 0 radical (unpaired) electrons. The van der Waals surface area contributed by atoms with Gasteiger partial charge in [-0.05, 0) is 69.3 Å². The monoisotopic (exact) mass is 421 g/mol. The fourth-order valence-electron chi connectivity index (χ4n) is 1.98. The fourth-order valence-corrected chi connectivity index (χ4v) is 3.49. The molecule has 21 heavy (non-hydrogen) atoms. The van der Waals surface area contributed by atoms with Gasteiger partial charge in [0, 0.05) is 19.2 Å². The van der Waals surface area contributed by atoms with Gasteiger partial charge in [0.1, 0.15) is 5.75 Å². The molecule has 1 unspecified atom stereocenters. The van der Waals surface area contributed by atoms with Gasteiger partial charge in [-0.3, -0.25) is 0 Å². The van der Waals surface area contributed by atoms with Gasteiger partial charge in [-0.15, -0.1) is 0 Å². The van der Waals surface area contributed by atoms with E-state index in [2.05, 4.69) is 63.2 Å². The van der Waals surface area contributed by atoms with Crippen LogP contribution in [0.2, 0.25) is 0 Å². The number of benzene rings is 1. The average Bonchev–Trinajstić information content (AvgIpc) is 2.42. The minimum Gasteiger partial charge on any atom is -0.492 e. The molecule has 5 heteroatoms. The van der Waals surface area contributed by atoms with E-state index in [1.165, 1.54) is 5.56 Å². The Morgan fingerprint density at radius 3 is 2.19 bits per heavy atom. The van der Waals surface area contributed by atoms with Gasteiger partial charge in [0.05, 0.1) is 22.2 Å². The van der Waals surface area contributed by atoms with E-state index in [0.29, 0.717) is 18.6 Å². The summed E-state index contributed by atoms with van der Waals surface area (Å²) in [6.07, 6.45) is 0. The first-order valence-corrected chi connectivity index (χ1v) is 9.00. The number of hydrogen-bond acceptors (Lipinski definition) is 3. The summed E-state index contributed by atoms with van der Waals surface area (Å²) in [5.41, 5.74) is 1.21. The molecular weight excluding hydrogens is 398 g/mol. The minimum absolute atomic E-state index is 0.356. The molecule has 0 bridgehead atoms. The molecule has 0 amide bonds. The van der Waals surface area contributed by atoms with Crippen LogP contribution in [0.4, 0.5) is 0 Å². The lowest BCUT2D eigenvalue weighted by Crippen LogP contribution is -2.37. The summed E-state index contributed by atoms with van der Waals surface area (Å²) < 4.78 is 13.1. The predicted octanol–water partition coefficient (Wildman–Crippen LogP) is 4.76. The molecule has 0 heterocycles. The highest BCUT2D eigenvalue weighted by molar-refractivity contribution is 9.11. The van der Waals surface area contributed by atoms with Crippen molar-refractivity contribution in [1.82, 2.24) is 5.32 Å². The van der Waals surface area contributed by atoms with E-state index >= 15 is 0 Å². The Morgan fingerprint density at radius 1 is 1.10 bits per heavy atom. The molecule has 1 N–H and O–H groups in total. The summed E-state index contributed by atoms with van der Waals surface area (Å²) >= 11 is 7.14. The molecule has 0 aliphatic rings. The third-order valence-electron chi connectivity index (χ3n) is 3.22. The summed E-state index contributed by atoms with van der Waals surface area (Å²) in [7, 11) is 0. The van der Waals surface area contributed by atoms with E-state index in [1.807, 2.05) is 13.8 Å². The van der Waals surface area contributed by atoms with Crippen molar-refractivity contribution in [1.29, 1.82) is 0 Å². The molecule has 0 aromatic heterocycles. The lowest BCUT2D eigenvalue weighted by atomic mass is 10.0. The standard InChI is InChI=1S/C16H25Br2NO2/c1-5-20-10-15(11(3)4)19-9-12-7-13(17)16(21-6-2)14(18)8-12/h7-8,11,15,19H,5-6,9-10H2,1-4H3. The van der Waals surface area contributed by atoms with Gasteiger partial charge in [0.2, 0.25) is 0 Å². The highest BCUT2D eigenvalue weighted by atomic mass is 79.9. The van der Waals surface area contributed by atoms with Crippen molar-refractivity contribution in [3.63, 3.8) is 0 Å². The van der Waals surface area contributed by atoms with Crippen molar-refractivity contribution in [2.75, 3.05) is 19.8 Å². The molecule has 3 nitrogen and oxygen atoms in total. The first-order valence-electron chi connectivity index (χ1n) is 7.41. The average molecular weight is 423 g/mol. The van der Waals surface area contributed by atoms with Crippen molar-refractivity contribution >= 4 is 31.9 Å². The third kappa shape index (κ3) is 6.27. The highest BCUT2D eigenvalue weighted by Gasteiger charge is 2.14. The van der Waals surface area contributed by atoms with Gasteiger partial charge in [-0.1, -0.05) is 13.8 Å². The second kappa shape index (κ2) is 9.82. The second-order valence-electron chi connectivity index (χ2n) is 5.21. The maximum atomic E-state index is 5.61. The number of ether oxygens (including phenoxy) is 2. The molecule has 0 fully saturated rings. The van der Waals surface area contributed by atoms with E-state index in [4.69, 9.17) is 9.47 Å². The van der Waals surface area contributed by atoms with E-state index in [9.17, 15) is 0 Å². The topological polar surface area (TPSA) is 30.5 Å². The van der Waals surface area contributed by atoms with Gasteiger partial charge >= 0.3 is 0 Å². The van der Waals surface area contributed by atoms with Crippen LogP contribution in [0.25, 0.3) is 0 Å². The van der Waals surface area contributed by atoms with Crippen LogP contribution >= 0.6 is 31.9 Å². The van der Waals surface area contributed by atoms with Crippen molar-refractivity contribution in [3.05, 3.63) is 26.6 Å². The summed E-state index contributed by atoms with van der Waals surface area (Å²) in [6.45, 7) is 11.4. The molecule has 0 saturated heterocycles. The van der Waals surface area contributed by atoms with E-state index in [-0.39, 0.29) is 0 Å². The summed E-state index contributed by atoms with van der Waals surface area (Å²) in [4.78, 5) is 0. The number of hydrogen-bond donors (Lipinski definition) is 1. The zero-order chi connectivity index (χ0) is 15.8.